The monoisotopic (exact) mass is 245 g/mol. The fraction of sp³-hybridized carbons (Fsp3) is 0.385. The van der Waals surface area contributed by atoms with Crippen molar-refractivity contribution in [3.8, 4) is 5.69 Å². The lowest BCUT2D eigenvalue weighted by Gasteiger charge is -2.13. The number of benzene rings is 1. The lowest BCUT2D eigenvalue weighted by atomic mass is 10.2. The van der Waals surface area contributed by atoms with Crippen molar-refractivity contribution in [3.05, 3.63) is 50.8 Å². The van der Waals surface area contributed by atoms with Crippen LogP contribution in [-0.2, 0) is 13.1 Å². The van der Waals surface area contributed by atoms with Crippen molar-refractivity contribution in [1.82, 2.24) is 13.9 Å². The summed E-state index contributed by atoms with van der Waals surface area (Å²) in [5, 5.41) is 0. The van der Waals surface area contributed by atoms with Crippen LogP contribution in [-0.4, -0.2) is 13.9 Å². The van der Waals surface area contributed by atoms with Crippen LogP contribution in [0, 0.1) is 6.92 Å². The fourth-order valence-corrected chi connectivity index (χ4v) is 2.50. The normalized spacial score (nSPS) is 14.5. The van der Waals surface area contributed by atoms with Crippen LogP contribution < -0.4 is 11.4 Å². The molecule has 18 heavy (non-hydrogen) atoms. The molecule has 0 saturated heterocycles. The molecule has 0 unspecified atom stereocenters. The van der Waals surface area contributed by atoms with E-state index < -0.39 is 0 Å². The summed E-state index contributed by atoms with van der Waals surface area (Å²) in [7, 11) is 0. The minimum atomic E-state index is -0.228. The van der Waals surface area contributed by atoms with Crippen molar-refractivity contribution < 1.29 is 0 Å². The summed E-state index contributed by atoms with van der Waals surface area (Å²) in [6, 6.07) is 7.46. The van der Waals surface area contributed by atoms with Gasteiger partial charge in [0.2, 0.25) is 0 Å². The van der Waals surface area contributed by atoms with Gasteiger partial charge in [-0.05, 0) is 31.4 Å². The smallest absolute Gasteiger partial charge is 0.246 e. The van der Waals surface area contributed by atoms with Gasteiger partial charge in [0.25, 0.3) is 0 Å². The number of hydrogen-bond donors (Lipinski definition) is 0. The molecule has 0 spiro atoms. The molecular weight excluding hydrogens is 230 g/mol. The number of para-hydroxylation sites is 1. The highest BCUT2D eigenvalue weighted by Crippen LogP contribution is 2.10. The summed E-state index contributed by atoms with van der Waals surface area (Å²) >= 11 is 0. The summed E-state index contributed by atoms with van der Waals surface area (Å²) in [4.78, 5) is 24.6. The largest absolute Gasteiger partial charge is 0.351 e. The molecule has 2 heterocycles. The Bertz CT molecular complexity index is 668. The van der Waals surface area contributed by atoms with Gasteiger partial charge in [0.15, 0.2) is 0 Å². The first-order chi connectivity index (χ1) is 8.70. The second-order valence-electron chi connectivity index (χ2n) is 4.64. The Hall–Kier alpha value is -2.04. The molecule has 0 N–H and O–H groups in total. The van der Waals surface area contributed by atoms with Gasteiger partial charge in [-0.1, -0.05) is 18.2 Å². The maximum absolute atomic E-state index is 12.3. The van der Waals surface area contributed by atoms with Gasteiger partial charge in [0, 0.05) is 13.1 Å². The predicted octanol–water partition coefficient (Wildman–Crippen LogP) is 0.903. The summed E-state index contributed by atoms with van der Waals surface area (Å²) in [6.45, 7) is 3.17. The van der Waals surface area contributed by atoms with E-state index in [4.69, 9.17) is 0 Å². The average Bonchev–Trinajstić information content (AvgIpc) is 2.64. The Morgan fingerprint density at radius 1 is 0.944 bits per heavy atom. The van der Waals surface area contributed by atoms with Crippen molar-refractivity contribution >= 4 is 0 Å². The zero-order chi connectivity index (χ0) is 12.7. The van der Waals surface area contributed by atoms with Gasteiger partial charge < -0.3 is 0 Å². The molecule has 5 heteroatoms. The van der Waals surface area contributed by atoms with E-state index in [9.17, 15) is 9.59 Å². The van der Waals surface area contributed by atoms with Crippen LogP contribution in [0.15, 0.2) is 33.9 Å². The van der Waals surface area contributed by atoms with Crippen LogP contribution in [0.1, 0.15) is 18.4 Å². The Labute approximate surface area is 104 Å². The number of fused-ring (bicyclic) bond motifs is 1. The number of aromatic nitrogens is 3. The standard InChI is InChI=1S/C13H15N3O2/c1-10-6-2-3-7-11(10)16-12(17)14-8-4-5-9-15(14)13(16)18/h2-3,6-7H,4-5,8-9H2,1H3. The highest BCUT2D eigenvalue weighted by atomic mass is 16.2. The van der Waals surface area contributed by atoms with Crippen molar-refractivity contribution in [2.24, 2.45) is 0 Å². The first kappa shape index (κ1) is 11.1. The predicted molar refractivity (Wildman–Crippen MR) is 68.3 cm³/mol. The molecule has 0 aliphatic carbocycles. The van der Waals surface area contributed by atoms with Gasteiger partial charge in [-0.15, -0.1) is 0 Å². The van der Waals surface area contributed by atoms with Crippen LogP contribution in [0.25, 0.3) is 5.69 Å². The molecule has 0 fully saturated rings. The summed E-state index contributed by atoms with van der Waals surface area (Å²) in [6.07, 6.45) is 1.91. The topological polar surface area (TPSA) is 48.9 Å². The molecule has 94 valence electrons. The van der Waals surface area contributed by atoms with E-state index in [2.05, 4.69) is 0 Å². The van der Waals surface area contributed by atoms with Crippen LogP contribution in [0.2, 0.25) is 0 Å². The Kier molecular flexibility index (Phi) is 2.47. The SMILES string of the molecule is Cc1ccccc1-n1c(=O)n2n(c1=O)CCCC2. The minimum absolute atomic E-state index is 0.228. The number of rotatable bonds is 1. The Morgan fingerprint density at radius 3 is 2.06 bits per heavy atom. The van der Waals surface area contributed by atoms with Gasteiger partial charge in [0.1, 0.15) is 0 Å². The van der Waals surface area contributed by atoms with Gasteiger partial charge in [-0.3, -0.25) is 0 Å². The zero-order valence-electron chi connectivity index (χ0n) is 10.3. The van der Waals surface area contributed by atoms with Crippen LogP contribution in [0.5, 0.6) is 0 Å². The second kappa shape index (κ2) is 4.01. The van der Waals surface area contributed by atoms with Crippen molar-refractivity contribution in [1.29, 1.82) is 0 Å². The van der Waals surface area contributed by atoms with Crippen molar-refractivity contribution in [2.75, 3.05) is 0 Å². The van der Waals surface area contributed by atoms with Gasteiger partial charge in [0.05, 0.1) is 5.69 Å². The fourth-order valence-electron chi connectivity index (χ4n) is 2.50. The van der Waals surface area contributed by atoms with E-state index in [1.54, 1.807) is 9.36 Å². The summed E-state index contributed by atoms with van der Waals surface area (Å²) < 4.78 is 4.39. The third-order valence-electron chi connectivity index (χ3n) is 3.46. The summed E-state index contributed by atoms with van der Waals surface area (Å²) in [5.74, 6) is 0. The summed E-state index contributed by atoms with van der Waals surface area (Å²) in [5.41, 5.74) is 1.16. The van der Waals surface area contributed by atoms with E-state index >= 15 is 0 Å². The molecule has 1 aliphatic rings. The molecule has 1 aromatic carbocycles. The number of nitrogens with zero attached hydrogens (tertiary/aromatic N) is 3. The first-order valence-corrected chi connectivity index (χ1v) is 6.19. The maximum atomic E-state index is 12.3. The maximum Gasteiger partial charge on any atom is 0.351 e. The Morgan fingerprint density at radius 2 is 1.50 bits per heavy atom. The molecule has 0 radical (unpaired) electrons. The second-order valence-corrected chi connectivity index (χ2v) is 4.64. The molecule has 1 aliphatic heterocycles. The highest BCUT2D eigenvalue weighted by molar-refractivity contribution is 5.39. The van der Waals surface area contributed by atoms with Crippen LogP contribution in [0.3, 0.4) is 0 Å². The molecule has 0 atom stereocenters. The average molecular weight is 245 g/mol. The highest BCUT2D eigenvalue weighted by Gasteiger charge is 2.19. The lowest BCUT2D eigenvalue weighted by Crippen LogP contribution is -2.30. The minimum Gasteiger partial charge on any atom is -0.246 e. The van der Waals surface area contributed by atoms with E-state index in [-0.39, 0.29) is 11.4 Å². The van der Waals surface area contributed by atoms with E-state index in [0.29, 0.717) is 18.8 Å². The molecule has 3 rings (SSSR count). The van der Waals surface area contributed by atoms with Gasteiger partial charge >= 0.3 is 11.4 Å². The molecular formula is C13H15N3O2. The first-order valence-electron chi connectivity index (χ1n) is 6.19. The van der Waals surface area contributed by atoms with E-state index in [1.165, 1.54) is 4.57 Å². The van der Waals surface area contributed by atoms with Gasteiger partial charge in [-0.2, -0.15) is 0 Å². The zero-order valence-corrected chi connectivity index (χ0v) is 10.3. The van der Waals surface area contributed by atoms with Crippen LogP contribution in [0.4, 0.5) is 0 Å². The van der Waals surface area contributed by atoms with E-state index in [0.717, 1.165) is 18.4 Å². The quantitative estimate of drug-likeness (QED) is 0.749. The molecule has 2 aromatic rings. The molecule has 5 nitrogen and oxygen atoms in total. The van der Waals surface area contributed by atoms with Gasteiger partial charge in [-0.25, -0.2) is 23.5 Å². The third kappa shape index (κ3) is 1.47. The molecule has 1 aromatic heterocycles. The molecule has 0 bridgehead atoms. The molecule has 0 amide bonds. The molecule has 0 saturated carbocycles. The van der Waals surface area contributed by atoms with E-state index in [1.807, 2.05) is 31.2 Å². The number of hydrogen-bond acceptors (Lipinski definition) is 2. The third-order valence-corrected chi connectivity index (χ3v) is 3.46. The van der Waals surface area contributed by atoms with Crippen molar-refractivity contribution in [2.45, 2.75) is 32.9 Å². The Balaban J connectivity index is 2.32. The van der Waals surface area contributed by atoms with Crippen LogP contribution >= 0.6 is 0 Å². The number of aryl methyl sites for hydroxylation is 1. The lowest BCUT2D eigenvalue weighted by molar-refractivity contribution is 0.348. The van der Waals surface area contributed by atoms with Crippen molar-refractivity contribution in [3.63, 3.8) is 0 Å².